The van der Waals surface area contributed by atoms with Crippen LogP contribution in [0, 0.1) is 0 Å². The minimum Gasteiger partial charge on any atom is -0.497 e. The monoisotopic (exact) mass is 269 g/mol. The van der Waals surface area contributed by atoms with E-state index in [4.69, 9.17) is 10.5 Å². The molecular weight excluding hydrogens is 258 g/mol. The second-order valence-electron chi connectivity index (χ2n) is 4.29. The van der Waals surface area contributed by atoms with E-state index < -0.39 is 11.8 Å². The molecule has 0 unspecified atom stereocenters. The normalized spacial score (nSPS) is 13.6. The van der Waals surface area contributed by atoms with Gasteiger partial charge in [-0.2, -0.15) is 0 Å². The van der Waals surface area contributed by atoms with E-state index in [1.165, 1.54) is 25.6 Å². The van der Waals surface area contributed by atoms with Crippen LogP contribution in [0.2, 0.25) is 0 Å². The molecule has 100 valence electrons. The minimum absolute atomic E-state index is 0.278. The highest BCUT2D eigenvalue weighted by Crippen LogP contribution is 2.34. The van der Waals surface area contributed by atoms with Crippen molar-refractivity contribution in [3.05, 3.63) is 47.8 Å². The molecule has 0 radical (unpaired) electrons. The molecule has 0 aliphatic carbocycles. The summed E-state index contributed by atoms with van der Waals surface area (Å²) in [4.78, 5) is 29.6. The molecule has 2 aromatic rings. The van der Waals surface area contributed by atoms with Gasteiger partial charge in [0.25, 0.3) is 11.8 Å². The number of rotatable bonds is 2. The van der Waals surface area contributed by atoms with Crippen LogP contribution in [0.1, 0.15) is 20.7 Å². The molecule has 0 bridgehead atoms. The van der Waals surface area contributed by atoms with Crippen molar-refractivity contribution < 1.29 is 14.3 Å². The van der Waals surface area contributed by atoms with Crippen molar-refractivity contribution in [2.45, 2.75) is 0 Å². The Hall–Kier alpha value is -2.89. The quantitative estimate of drug-likeness (QED) is 0.659. The van der Waals surface area contributed by atoms with E-state index >= 15 is 0 Å². The summed E-state index contributed by atoms with van der Waals surface area (Å²) >= 11 is 0. The van der Waals surface area contributed by atoms with Crippen molar-refractivity contribution in [2.75, 3.05) is 17.7 Å². The largest absolute Gasteiger partial charge is 0.497 e. The molecule has 0 spiro atoms. The molecule has 6 heteroatoms. The van der Waals surface area contributed by atoms with Gasteiger partial charge in [0.15, 0.2) is 0 Å². The molecule has 0 saturated heterocycles. The highest BCUT2D eigenvalue weighted by Gasteiger charge is 2.37. The lowest BCUT2D eigenvalue weighted by molar-refractivity contribution is 0.0926. The fraction of sp³-hybridized carbons (Fsp3) is 0.0714. The molecule has 2 heterocycles. The Bertz CT molecular complexity index is 692. The standard InChI is InChI=1S/C14H11N3O3/c1-20-8-2-3-11(15)12(6-8)17-13(18)9-4-5-16-7-10(9)14(17)19/h2-7H,15H2,1H3. The third-order valence-corrected chi connectivity index (χ3v) is 3.17. The maximum absolute atomic E-state index is 12.3. The van der Waals surface area contributed by atoms with Gasteiger partial charge < -0.3 is 10.5 Å². The van der Waals surface area contributed by atoms with E-state index in [1.54, 1.807) is 18.2 Å². The molecule has 1 aliphatic heterocycles. The van der Waals surface area contributed by atoms with Crippen LogP contribution in [-0.4, -0.2) is 23.9 Å². The number of nitrogen functional groups attached to an aromatic ring is 1. The van der Waals surface area contributed by atoms with E-state index in [-0.39, 0.29) is 5.56 Å². The SMILES string of the molecule is COc1ccc(N)c(N2C(=O)c3ccncc3C2=O)c1. The third-order valence-electron chi connectivity index (χ3n) is 3.17. The van der Waals surface area contributed by atoms with Gasteiger partial charge in [-0.3, -0.25) is 14.6 Å². The first-order valence-corrected chi connectivity index (χ1v) is 5.90. The van der Waals surface area contributed by atoms with Crippen LogP contribution in [0.25, 0.3) is 0 Å². The van der Waals surface area contributed by atoms with E-state index in [2.05, 4.69) is 4.98 Å². The molecule has 2 amide bonds. The smallest absolute Gasteiger partial charge is 0.267 e. The van der Waals surface area contributed by atoms with Crippen molar-refractivity contribution in [3.8, 4) is 5.75 Å². The Balaban J connectivity index is 2.14. The fourth-order valence-corrected chi connectivity index (χ4v) is 2.15. The number of amides is 2. The highest BCUT2D eigenvalue weighted by molar-refractivity contribution is 6.35. The number of nitrogens with zero attached hydrogens (tertiary/aromatic N) is 2. The number of nitrogens with two attached hydrogens (primary N) is 1. The Morgan fingerprint density at radius 2 is 1.90 bits per heavy atom. The number of benzene rings is 1. The lowest BCUT2D eigenvalue weighted by Crippen LogP contribution is -2.30. The highest BCUT2D eigenvalue weighted by atomic mass is 16.5. The molecule has 1 aliphatic rings. The zero-order valence-electron chi connectivity index (χ0n) is 10.7. The molecular formula is C14H11N3O3. The van der Waals surface area contributed by atoms with Gasteiger partial charge in [-0.1, -0.05) is 0 Å². The Morgan fingerprint density at radius 3 is 2.60 bits per heavy atom. The summed E-state index contributed by atoms with van der Waals surface area (Å²) in [5.74, 6) is -0.325. The van der Waals surface area contributed by atoms with E-state index in [0.29, 0.717) is 22.7 Å². The Kier molecular flexibility index (Phi) is 2.64. The van der Waals surface area contributed by atoms with Crippen LogP contribution in [0.15, 0.2) is 36.7 Å². The number of hydrogen-bond acceptors (Lipinski definition) is 5. The Morgan fingerprint density at radius 1 is 1.15 bits per heavy atom. The van der Waals surface area contributed by atoms with Gasteiger partial charge in [0, 0.05) is 18.5 Å². The number of hydrogen-bond donors (Lipinski definition) is 1. The van der Waals surface area contributed by atoms with Crippen molar-refractivity contribution in [2.24, 2.45) is 0 Å². The van der Waals surface area contributed by atoms with Crippen LogP contribution in [0.4, 0.5) is 11.4 Å². The van der Waals surface area contributed by atoms with E-state index in [0.717, 1.165) is 4.90 Å². The van der Waals surface area contributed by atoms with Crippen LogP contribution in [0.3, 0.4) is 0 Å². The summed E-state index contributed by atoms with van der Waals surface area (Å²) in [5, 5.41) is 0. The second kappa shape index (κ2) is 4.34. The van der Waals surface area contributed by atoms with Gasteiger partial charge in [-0.05, 0) is 18.2 Å². The van der Waals surface area contributed by atoms with Gasteiger partial charge in [0.2, 0.25) is 0 Å². The molecule has 1 aromatic carbocycles. The lowest BCUT2D eigenvalue weighted by Gasteiger charge is -2.17. The maximum Gasteiger partial charge on any atom is 0.267 e. The van der Waals surface area contributed by atoms with Gasteiger partial charge >= 0.3 is 0 Å². The average Bonchev–Trinajstić information content (AvgIpc) is 2.72. The summed E-state index contributed by atoms with van der Waals surface area (Å²) < 4.78 is 5.10. The number of aromatic nitrogens is 1. The molecule has 6 nitrogen and oxygen atoms in total. The van der Waals surface area contributed by atoms with Crippen LogP contribution >= 0.6 is 0 Å². The number of imide groups is 1. The number of carbonyl (C=O) groups is 2. The van der Waals surface area contributed by atoms with E-state index in [9.17, 15) is 9.59 Å². The predicted molar refractivity (Wildman–Crippen MR) is 72.8 cm³/mol. The van der Waals surface area contributed by atoms with Gasteiger partial charge in [-0.25, -0.2) is 4.90 Å². The molecule has 0 fully saturated rings. The zero-order chi connectivity index (χ0) is 14.3. The Labute approximate surface area is 114 Å². The second-order valence-corrected chi connectivity index (χ2v) is 4.29. The fourth-order valence-electron chi connectivity index (χ4n) is 2.15. The van der Waals surface area contributed by atoms with Gasteiger partial charge in [0.05, 0.1) is 29.6 Å². The average molecular weight is 269 g/mol. The first-order chi connectivity index (χ1) is 9.63. The van der Waals surface area contributed by atoms with Crippen LogP contribution in [-0.2, 0) is 0 Å². The molecule has 20 heavy (non-hydrogen) atoms. The number of carbonyl (C=O) groups excluding carboxylic acids is 2. The van der Waals surface area contributed by atoms with E-state index in [1.807, 2.05) is 0 Å². The van der Waals surface area contributed by atoms with Crippen LogP contribution in [0.5, 0.6) is 5.75 Å². The number of anilines is 2. The summed E-state index contributed by atoms with van der Waals surface area (Å²) in [6, 6.07) is 6.34. The van der Waals surface area contributed by atoms with Gasteiger partial charge in [-0.15, -0.1) is 0 Å². The van der Waals surface area contributed by atoms with Crippen molar-refractivity contribution >= 4 is 23.2 Å². The minimum atomic E-state index is -0.432. The predicted octanol–water partition coefficient (Wildman–Crippen LogP) is 1.47. The summed E-state index contributed by atoms with van der Waals surface area (Å²) in [7, 11) is 1.50. The summed E-state index contributed by atoms with van der Waals surface area (Å²) in [6.45, 7) is 0. The van der Waals surface area contributed by atoms with Crippen LogP contribution < -0.4 is 15.4 Å². The van der Waals surface area contributed by atoms with Crippen molar-refractivity contribution in [1.82, 2.24) is 4.98 Å². The first-order valence-electron chi connectivity index (χ1n) is 5.90. The molecule has 0 saturated carbocycles. The molecule has 3 rings (SSSR count). The number of pyridine rings is 1. The maximum atomic E-state index is 12.3. The number of methoxy groups -OCH3 is 1. The van der Waals surface area contributed by atoms with Crippen molar-refractivity contribution in [3.63, 3.8) is 0 Å². The summed E-state index contributed by atoms with van der Waals surface area (Å²) in [6.07, 6.45) is 2.86. The zero-order valence-corrected chi connectivity index (χ0v) is 10.7. The number of ether oxygens (including phenoxy) is 1. The van der Waals surface area contributed by atoms with Gasteiger partial charge in [0.1, 0.15) is 5.75 Å². The first kappa shape index (κ1) is 12.2. The summed E-state index contributed by atoms with van der Waals surface area (Å²) in [5.41, 5.74) is 7.11. The number of fused-ring (bicyclic) bond motifs is 1. The topological polar surface area (TPSA) is 85.5 Å². The third kappa shape index (κ3) is 1.62. The van der Waals surface area contributed by atoms with Crippen molar-refractivity contribution in [1.29, 1.82) is 0 Å². The molecule has 0 atom stereocenters. The lowest BCUT2D eigenvalue weighted by atomic mass is 10.2. The molecule has 1 aromatic heterocycles. The molecule has 2 N–H and O–H groups in total.